The molecule has 8 nitrogen and oxygen atoms in total. The Morgan fingerprint density at radius 1 is 1.38 bits per heavy atom. The van der Waals surface area contributed by atoms with Crippen molar-refractivity contribution in [1.29, 1.82) is 0 Å². The van der Waals surface area contributed by atoms with Gasteiger partial charge in [0.1, 0.15) is 4.90 Å². The molecule has 0 aromatic carbocycles. The summed E-state index contributed by atoms with van der Waals surface area (Å²) in [6.45, 7) is 0.184. The van der Waals surface area contributed by atoms with Gasteiger partial charge in [-0.05, 0) is 20.2 Å². The lowest BCUT2D eigenvalue weighted by Crippen LogP contribution is -2.33. The van der Waals surface area contributed by atoms with Gasteiger partial charge in [0.2, 0.25) is 10.0 Å². The molecule has 0 aliphatic rings. The highest BCUT2D eigenvalue weighted by molar-refractivity contribution is 7.89. The molecule has 2 rings (SSSR count). The van der Waals surface area contributed by atoms with Crippen molar-refractivity contribution in [1.82, 2.24) is 24.4 Å². The van der Waals surface area contributed by atoms with Gasteiger partial charge in [-0.1, -0.05) is 0 Å². The maximum absolute atomic E-state index is 12.4. The summed E-state index contributed by atoms with van der Waals surface area (Å²) >= 11 is 0. The number of anilines is 1. The lowest BCUT2D eigenvalue weighted by molar-refractivity contribution is 0.399. The lowest BCUT2D eigenvalue weighted by atomic mass is 10.2. The lowest BCUT2D eigenvalue weighted by Gasteiger charge is -2.13. The minimum absolute atomic E-state index is 0.0392. The van der Waals surface area contributed by atoms with Crippen LogP contribution in [-0.2, 0) is 17.1 Å². The van der Waals surface area contributed by atoms with Crippen LogP contribution < -0.4 is 10.5 Å². The zero-order valence-electron chi connectivity index (χ0n) is 12.1. The molecule has 9 heteroatoms. The van der Waals surface area contributed by atoms with E-state index in [1.165, 1.54) is 12.3 Å². The minimum atomic E-state index is -3.72. The number of sulfonamides is 1. The van der Waals surface area contributed by atoms with Gasteiger partial charge in [0.25, 0.3) is 0 Å². The van der Waals surface area contributed by atoms with Gasteiger partial charge in [-0.2, -0.15) is 9.82 Å². The molecule has 0 atom stereocenters. The standard InChI is InChI=1S/C12H18N6O2S/c1-17(2)8-16-21(19,20)11-4-10(13)6-14-12(11)9-5-15-18(3)7-9/h4-7,16H,8,13H2,1-3H3. The monoisotopic (exact) mass is 310 g/mol. The van der Waals surface area contributed by atoms with E-state index in [-0.39, 0.29) is 17.3 Å². The number of nitrogens with one attached hydrogen (secondary N) is 1. The Balaban J connectivity index is 2.49. The summed E-state index contributed by atoms with van der Waals surface area (Å²) in [5, 5.41) is 4.03. The highest BCUT2D eigenvalue weighted by Gasteiger charge is 2.21. The van der Waals surface area contributed by atoms with Gasteiger partial charge in [0.05, 0.1) is 30.4 Å². The van der Waals surface area contributed by atoms with Crippen LogP contribution in [0, 0.1) is 0 Å². The van der Waals surface area contributed by atoms with Crippen LogP contribution in [0.1, 0.15) is 0 Å². The summed E-state index contributed by atoms with van der Waals surface area (Å²) in [4.78, 5) is 5.89. The second kappa shape index (κ2) is 5.80. The van der Waals surface area contributed by atoms with Crippen LogP contribution in [0.25, 0.3) is 11.3 Å². The van der Waals surface area contributed by atoms with Crippen molar-refractivity contribution >= 4 is 15.7 Å². The zero-order valence-corrected chi connectivity index (χ0v) is 12.9. The van der Waals surface area contributed by atoms with Gasteiger partial charge < -0.3 is 5.73 Å². The molecule has 0 unspecified atom stereocenters. The number of nitrogens with two attached hydrogens (primary N) is 1. The Bertz CT molecular complexity index is 738. The first kappa shape index (κ1) is 15.4. The van der Waals surface area contributed by atoms with E-state index in [1.807, 2.05) is 0 Å². The maximum atomic E-state index is 12.4. The fourth-order valence-corrected chi connectivity index (χ4v) is 3.02. The Hall–Kier alpha value is -1.97. The molecule has 2 heterocycles. The number of nitrogens with zero attached hydrogens (tertiary/aromatic N) is 4. The summed E-state index contributed by atoms with van der Waals surface area (Å²) in [6.07, 6.45) is 4.68. The predicted octanol–water partition coefficient (Wildman–Crippen LogP) is -0.138. The van der Waals surface area contributed by atoms with E-state index in [0.29, 0.717) is 11.3 Å². The van der Waals surface area contributed by atoms with Crippen LogP contribution in [0.15, 0.2) is 29.6 Å². The summed E-state index contributed by atoms with van der Waals surface area (Å²) < 4.78 is 28.9. The normalized spacial score (nSPS) is 12.0. The topological polar surface area (TPSA) is 106 Å². The van der Waals surface area contributed by atoms with E-state index in [9.17, 15) is 8.42 Å². The molecule has 0 aliphatic carbocycles. The Labute approximate surface area is 123 Å². The summed E-state index contributed by atoms with van der Waals surface area (Å²) in [5.74, 6) is 0. The first-order chi connectivity index (χ1) is 9.79. The second-order valence-electron chi connectivity index (χ2n) is 4.90. The molecular weight excluding hydrogens is 292 g/mol. The van der Waals surface area contributed by atoms with Gasteiger partial charge in [-0.3, -0.25) is 14.6 Å². The molecule has 2 aromatic heterocycles. The molecule has 2 aromatic rings. The number of hydrogen-bond donors (Lipinski definition) is 2. The maximum Gasteiger partial charge on any atom is 0.243 e. The minimum Gasteiger partial charge on any atom is -0.397 e. The Morgan fingerprint density at radius 3 is 2.67 bits per heavy atom. The quantitative estimate of drug-likeness (QED) is 0.745. The number of aryl methyl sites for hydroxylation is 1. The Morgan fingerprint density at radius 2 is 2.10 bits per heavy atom. The number of nitrogen functional groups attached to an aromatic ring is 1. The van der Waals surface area contributed by atoms with E-state index >= 15 is 0 Å². The van der Waals surface area contributed by atoms with Crippen molar-refractivity contribution in [3.05, 3.63) is 24.7 Å². The largest absolute Gasteiger partial charge is 0.397 e. The van der Waals surface area contributed by atoms with Crippen LogP contribution in [-0.4, -0.2) is 48.8 Å². The number of pyridine rings is 1. The molecule has 0 spiro atoms. The molecule has 0 saturated heterocycles. The third kappa shape index (κ3) is 3.57. The van der Waals surface area contributed by atoms with Gasteiger partial charge in [0.15, 0.2) is 0 Å². The highest BCUT2D eigenvalue weighted by atomic mass is 32.2. The van der Waals surface area contributed by atoms with E-state index in [2.05, 4.69) is 14.8 Å². The van der Waals surface area contributed by atoms with Gasteiger partial charge in [-0.25, -0.2) is 8.42 Å². The molecule has 0 amide bonds. The predicted molar refractivity (Wildman–Crippen MR) is 79.7 cm³/mol. The SMILES string of the molecule is CN(C)CNS(=O)(=O)c1cc(N)cnc1-c1cnn(C)c1. The average molecular weight is 310 g/mol. The highest BCUT2D eigenvalue weighted by Crippen LogP contribution is 2.26. The van der Waals surface area contributed by atoms with Gasteiger partial charge in [-0.15, -0.1) is 0 Å². The van der Waals surface area contributed by atoms with E-state index in [1.54, 1.807) is 43.1 Å². The molecule has 114 valence electrons. The van der Waals surface area contributed by atoms with Crippen LogP contribution in [0.5, 0.6) is 0 Å². The zero-order chi connectivity index (χ0) is 15.6. The molecule has 3 N–H and O–H groups in total. The summed E-state index contributed by atoms with van der Waals surface area (Å²) in [5.41, 5.74) is 6.90. The molecular formula is C12H18N6O2S. The van der Waals surface area contributed by atoms with E-state index < -0.39 is 10.0 Å². The first-order valence-electron chi connectivity index (χ1n) is 6.18. The smallest absolute Gasteiger partial charge is 0.243 e. The van der Waals surface area contributed by atoms with Crippen molar-refractivity contribution in [3.63, 3.8) is 0 Å². The number of rotatable bonds is 5. The van der Waals surface area contributed by atoms with Crippen molar-refractivity contribution < 1.29 is 8.42 Å². The fraction of sp³-hybridized carbons (Fsp3) is 0.333. The average Bonchev–Trinajstić information content (AvgIpc) is 2.83. The van der Waals surface area contributed by atoms with Gasteiger partial charge in [0, 0.05) is 18.8 Å². The number of hydrogen-bond acceptors (Lipinski definition) is 6. The molecule has 0 radical (unpaired) electrons. The van der Waals surface area contributed by atoms with Crippen molar-refractivity contribution in [2.24, 2.45) is 7.05 Å². The van der Waals surface area contributed by atoms with Crippen LogP contribution in [0.2, 0.25) is 0 Å². The number of aromatic nitrogens is 3. The van der Waals surface area contributed by atoms with Crippen LogP contribution in [0.3, 0.4) is 0 Å². The van der Waals surface area contributed by atoms with Crippen LogP contribution in [0.4, 0.5) is 5.69 Å². The van der Waals surface area contributed by atoms with E-state index in [4.69, 9.17) is 5.73 Å². The van der Waals surface area contributed by atoms with Crippen molar-refractivity contribution in [2.75, 3.05) is 26.5 Å². The summed E-state index contributed by atoms with van der Waals surface area (Å²) in [6, 6.07) is 1.40. The summed E-state index contributed by atoms with van der Waals surface area (Å²) in [7, 11) is 1.56. The second-order valence-corrected chi connectivity index (χ2v) is 6.64. The Kier molecular flexibility index (Phi) is 4.26. The molecule has 21 heavy (non-hydrogen) atoms. The first-order valence-corrected chi connectivity index (χ1v) is 7.67. The fourth-order valence-electron chi connectivity index (χ4n) is 1.72. The van der Waals surface area contributed by atoms with Crippen molar-refractivity contribution in [3.8, 4) is 11.3 Å². The molecule has 0 saturated carbocycles. The molecule has 0 bridgehead atoms. The van der Waals surface area contributed by atoms with Gasteiger partial charge >= 0.3 is 0 Å². The third-order valence-corrected chi connectivity index (χ3v) is 4.11. The van der Waals surface area contributed by atoms with E-state index in [0.717, 1.165) is 0 Å². The molecule has 0 aliphatic heterocycles. The van der Waals surface area contributed by atoms with Crippen LogP contribution >= 0.6 is 0 Å². The third-order valence-electron chi connectivity index (χ3n) is 2.71. The molecule has 0 fully saturated rings. The van der Waals surface area contributed by atoms with Crippen molar-refractivity contribution in [2.45, 2.75) is 4.90 Å².